The molecule has 1 aliphatic rings. The Labute approximate surface area is 198 Å². The smallest absolute Gasteiger partial charge is 0.357 e. The largest absolute Gasteiger partial charge is 0.476 e. The van der Waals surface area contributed by atoms with Crippen molar-refractivity contribution in [3.63, 3.8) is 0 Å². The Hall–Kier alpha value is -3.14. The maximum Gasteiger partial charge on any atom is 0.357 e. The number of carboxylic acids is 1. The van der Waals surface area contributed by atoms with Gasteiger partial charge in [-0.1, -0.05) is 23.2 Å². The molecular formula is C22H19Cl2FN4O4. The molecule has 2 aromatic carbocycles. The number of amides is 1. The topological polar surface area (TPSA) is 87.9 Å². The molecule has 8 nitrogen and oxygen atoms in total. The van der Waals surface area contributed by atoms with Gasteiger partial charge >= 0.3 is 12.0 Å². The molecule has 11 heteroatoms. The highest BCUT2D eigenvalue weighted by atomic mass is 35.5. The van der Waals surface area contributed by atoms with Gasteiger partial charge in [0, 0.05) is 43.8 Å². The number of nitrogens with zero attached hydrogens (tertiary/aromatic N) is 4. The first-order chi connectivity index (χ1) is 15.8. The second-order valence-corrected chi connectivity index (χ2v) is 8.32. The molecule has 2 heterocycles. The number of piperazine rings is 1. The molecule has 1 amide bonds. The van der Waals surface area contributed by atoms with Gasteiger partial charge in [0.1, 0.15) is 17.3 Å². The number of benzene rings is 2. The van der Waals surface area contributed by atoms with Gasteiger partial charge in [0.15, 0.2) is 5.69 Å². The molecule has 1 saturated heterocycles. The maximum atomic E-state index is 14.2. The summed E-state index contributed by atoms with van der Waals surface area (Å²) in [6.45, 7) is 2.39. The van der Waals surface area contributed by atoms with E-state index in [-0.39, 0.29) is 10.7 Å². The van der Waals surface area contributed by atoms with Crippen molar-refractivity contribution in [1.82, 2.24) is 19.6 Å². The zero-order valence-electron chi connectivity index (χ0n) is 17.2. The zero-order chi connectivity index (χ0) is 23.5. The van der Waals surface area contributed by atoms with E-state index < -0.39 is 17.8 Å². The second kappa shape index (κ2) is 9.78. The van der Waals surface area contributed by atoms with Crippen molar-refractivity contribution < 1.29 is 23.8 Å². The third-order valence-corrected chi connectivity index (χ3v) is 5.63. The highest BCUT2D eigenvalue weighted by Gasteiger charge is 2.25. The van der Waals surface area contributed by atoms with Gasteiger partial charge in [-0.25, -0.2) is 14.0 Å². The third-order valence-electron chi connectivity index (χ3n) is 5.10. The lowest BCUT2D eigenvalue weighted by atomic mass is 10.1. The van der Waals surface area contributed by atoms with E-state index in [1.54, 1.807) is 35.2 Å². The molecule has 1 N–H and O–H groups in total. The van der Waals surface area contributed by atoms with Crippen LogP contribution in [0.15, 0.2) is 48.7 Å². The standard InChI is InChI=1S/C22H19Cl2FN4O4/c23-15-1-3-17(4-2-15)33-18-10-14(9-16(25)11-18)12-27-5-7-28(8-6-27)22(32)29-13-19(24)20(26-29)21(30)31/h1-4,9-11,13H,5-8,12H2,(H,30,31). The molecule has 0 atom stereocenters. The molecule has 1 fully saturated rings. The molecule has 1 aliphatic heterocycles. The first-order valence-corrected chi connectivity index (χ1v) is 10.8. The van der Waals surface area contributed by atoms with Gasteiger partial charge in [-0.05, 0) is 42.0 Å². The molecule has 4 rings (SSSR count). The third kappa shape index (κ3) is 5.62. The van der Waals surface area contributed by atoms with E-state index in [1.807, 2.05) is 0 Å². The number of carboxylic acid groups (broad SMARTS) is 1. The predicted molar refractivity (Wildman–Crippen MR) is 120 cm³/mol. The Balaban J connectivity index is 1.36. The van der Waals surface area contributed by atoms with Crippen molar-refractivity contribution in [2.75, 3.05) is 26.2 Å². The van der Waals surface area contributed by atoms with Crippen LogP contribution in [0.2, 0.25) is 10.0 Å². The minimum atomic E-state index is -1.30. The van der Waals surface area contributed by atoms with Gasteiger partial charge in [-0.3, -0.25) is 4.90 Å². The summed E-state index contributed by atoms with van der Waals surface area (Å²) in [5.41, 5.74) is 0.370. The molecule has 0 saturated carbocycles. The fourth-order valence-electron chi connectivity index (χ4n) is 3.51. The Bertz CT molecular complexity index is 1180. The van der Waals surface area contributed by atoms with Crippen LogP contribution < -0.4 is 4.74 Å². The Morgan fingerprint density at radius 1 is 1.03 bits per heavy atom. The molecule has 172 valence electrons. The Morgan fingerprint density at radius 2 is 1.73 bits per heavy atom. The van der Waals surface area contributed by atoms with E-state index in [9.17, 15) is 14.0 Å². The number of carbonyl (C=O) groups excluding carboxylic acids is 1. The predicted octanol–water partition coefficient (Wildman–Crippen LogP) is 4.61. The number of ether oxygens (including phenoxy) is 1. The molecular weight excluding hydrogens is 474 g/mol. The summed E-state index contributed by atoms with van der Waals surface area (Å²) in [6.07, 6.45) is 1.19. The lowest BCUT2D eigenvalue weighted by Gasteiger charge is -2.34. The molecule has 0 aliphatic carbocycles. The SMILES string of the molecule is O=C(O)c1nn(C(=O)N2CCN(Cc3cc(F)cc(Oc4ccc(Cl)cc4)c3)CC2)cc1Cl. The van der Waals surface area contributed by atoms with E-state index >= 15 is 0 Å². The summed E-state index contributed by atoms with van der Waals surface area (Å²) in [5.74, 6) is -0.778. The monoisotopic (exact) mass is 492 g/mol. The Kier molecular flexibility index (Phi) is 6.83. The number of hydrogen-bond donors (Lipinski definition) is 1. The van der Waals surface area contributed by atoms with E-state index in [0.717, 1.165) is 10.2 Å². The molecule has 1 aromatic heterocycles. The minimum absolute atomic E-state index is 0.0998. The number of carbonyl (C=O) groups is 2. The van der Waals surface area contributed by atoms with Crippen molar-refractivity contribution in [2.45, 2.75) is 6.54 Å². The van der Waals surface area contributed by atoms with E-state index in [0.29, 0.717) is 49.2 Å². The fraction of sp³-hybridized carbons (Fsp3) is 0.227. The summed E-state index contributed by atoms with van der Waals surface area (Å²) in [4.78, 5) is 27.3. The lowest BCUT2D eigenvalue weighted by Crippen LogP contribution is -2.49. The zero-order valence-corrected chi connectivity index (χ0v) is 18.8. The van der Waals surface area contributed by atoms with Crippen LogP contribution in [0, 0.1) is 5.82 Å². The van der Waals surface area contributed by atoms with Gasteiger partial charge in [0.25, 0.3) is 0 Å². The first kappa shape index (κ1) is 23.0. The highest BCUT2D eigenvalue weighted by molar-refractivity contribution is 6.33. The van der Waals surface area contributed by atoms with Gasteiger partial charge < -0.3 is 14.7 Å². The van der Waals surface area contributed by atoms with Gasteiger partial charge in [0.05, 0.1) is 11.2 Å². The molecule has 0 bridgehead atoms. The van der Waals surface area contributed by atoms with Crippen LogP contribution in [-0.4, -0.2) is 62.9 Å². The number of rotatable bonds is 5. The van der Waals surface area contributed by atoms with Crippen molar-refractivity contribution >= 4 is 35.2 Å². The second-order valence-electron chi connectivity index (χ2n) is 7.47. The summed E-state index contributed by atoms with van der Waals surface area (Å²) in [5, 5.41) is 13.3. The number of halogens is 3. The normalized spacial score (nSPS) is 14.3. The quantitative estimate of drug-likeness (QED) is 0.559. The van der Waals surface area contributed by atoms with Gasteiger partial charge in [-0.15, -0.1) is 0 Å². The van der Waals surface area contributed by atoms with Crippen molar-refractivity contribution in [3.05, 3.63) is 75.8 Å². The summed E-state index contributed by atoms with van der Waals surface area (Å²) in [7, 11) is 0. The average molecular weight is 493 g/mol. The summed E-state index contributed by atoms with van der Waals surface area (Å²) >= 11 is 11.7. The molecule has 0 radical (unpaired) electrons. The molecule has 0 spiro atoms. The van der Waals surface area contributed by atoms with Crippen LogP contribution in [0.1, 0.15) is 16.1 Å². The van der Waals surface area contributed by atoms with Crippen molar-refractivity contribution in [3.8, 4) is 11.5 Å². The van der Waals surface area contributed by atoms with Crippen LogP contribution in [0.4, 0.5) is 9.18 Å². The Morgan fingerprint density at radius 3 is 2.36 bits per heavy atom. The highest BCUT2D eigenvalue weighted by Crippen LogP contribution is 2.26. The fourth-order valence-corrected chi connectivity index (χ4v) is 3.84. The van der Waals surface area contributed by atoms with Crippen molar-refractivity contribution in [2.24, 2.45) is 0 Å². The van der Waals surface area contributed by atoms with E-state index in [1.165, 1.54) is 18.3 Å². The first-order valence-electron chi connectivity index (χ1n) is 10.0. The van der Waals surface area contributed by atoms with Crippen LogP contribution in [-0.2, 0) is 6.54 Å². The number of hydrogen-bond acceptors (Lipinski definition) is 5. The molecule has 0 unspecified atom stereocenters. The van der Waals surface area contributed by atoms with Gasteiger partial charge in [-0.2, -0.15) is 9.78 Å². The van der Waals surface area contributed by atoms with E-state index in [4.69, 9.17) is 33.0 Å². The average Bonchev–Trinajstić information content (AvgIpc) is 3.17. The summed E-state index contributed by atoms with van der Waals surface area (Å²) in [6, 6.07) is 10.9. The molecule has 3 aromatic rings. The number of aromatic nitrogens is 2. The van der Waals surface area contributed by atoms with Crippen LogP contribution in [0.5, 0.6) is 11.5 Å². The molecule has 33 heavy (non-hydrogen) atoms. The minimum Gasteiger partial charge on any atom is -0.476 e. The van der Waals surface area contributed by atoms with Crippen LogP contribution >= 0.6 is 23.2 Å². The van der Waals surface area contributed by atoms with Crippen molar-refractivity contribution in [1.29, 1.82) is 0 Å². The summed E-state index contributed by atoms with van der Waals surface area (Å²) < 4.78 is 20.8. The number of aromatic carboxylic acids is 1. The van der Waals surface area contributed by atoms with Crippen LogP contribution in [0.3, 0.4) is 0 Å². The maximum absolute atomic E-state index is 14.2. The van der Waals surface area contributed by atoms with E-state index in [2.05, 4.69) is 10.00 Å². The van der Waals surface area contributed by atoms with Gasteiger partial charge in [0.2, 0.25) is 0 Å². The van der Waals surface area contributed by atoms with Crippen LogP contribution in [0.25, 0.3) is 0 Å². The lowest BCUT2D eigenvalue weighted by molar-refractivity contribution is 0.0690.